The number of benzene rings is 1. The molecule has 0 spiro atoms. The molecular formula is C18H19ClN2O3. The van der Waals surface area contributed by atoms with Crippen LogP contribution in [0.5, 0.6) is 0 Å². The van der Waals surface area contributed by atoms with Crippen molar-refractivity contribution >= 4 is 29.3 Å². The molecule has 126 valence electrons. The number of fused-ring (bicyclic) bond motifs is 1. The zero-order valence-corrected chi connectivity index (χ0v) is 14.1. The number of hydrogen-bond acceptors (Lipinski definition) is 3. The van der Waals surface area contributed by atoms with Crippen molar-refractivity contribution in [2.45, 2.75) is 32.4 Å². The third-order valence-corrected chi connectivity index (χ3v) is 4.99. The first kappa shape index (κ1) is 16.7. The minimum absolute atomic E-state index is 0.271. The minimum Gasteiger partial charge on any atom is -0.350 e. The summed E-state index contributed by atoms with van der Waals surface area (Å²) in [4.78, 5) is 38.6. The number of carbonyl (C=O) groups excluding carboxylic acids is 3. The Kier molecular flexibility index (Phi) is 4.71. The van der Waals surface area contributed by atoms with E-state index >= 15 is 0 Å². The van der Waals surface area contributed by atoms with Gasteiger partial charge in [0.25, 0.3) is 0 Å². The summed E-state index contributed by atoms with van der Waals surface area (Å²) in [6.45, 7) is 1.95. The lowest BCUT2D eigenvalue weighted by molar-refractivity contribution is -0.147. The fourth-order valence-electron chi connectivity index (χ4n) is 3.28. The molecule has 1 aromatic carbocycles. The molecule has 0 aromatic heterocycles. The van der Waals surface area contributed by atoms with Crippen LogP contribution in [0.4, 0.5) is 0 Å². The summed E-state index contributed by atoms with van der Waals surface area (Å²) < 4.78 is 0. The summed E-state index contributed by atoms with van der Waals surface area (Å²) in [6.07, 6.45) is 2.63. The molecule has 3 amide bonds. The van der Waals surface area contributed by atoms with E-state index in [1.54, 1.807) is 13.0 Å². The Bertz CT molecular complexity index is 701. The van der Waals surface area contributed by atoms with Gasteiger partial charge in [0.15, 0.2) is 0 Å². The van der Waals surface area contributed by atoms with Gasteiger partial charge in [-0.2, -0.15) is 0 Å². The molecule has 3 atom stereocenters. The van der Waals surface area contributed by atoms with Crippen molar-refractivity contribution in [1.29, 1.82) is 0 Å². The van der Waals surface area contributed by atoms with E-state index in [1.165, 1.54) is 0 Å². The number of nitrogens with one attached hydrogen (secondary N) is 1. The Labute approximate surface area is 145 Å². The van der Waals surface area contributed by atoms with Crippen molar-refractivity contribution in [3.8, 4) is 0 Å². The number of hydrogen-bond donors (Lipinski definition) is 1. The lowest BCUT2D eigenvalue weighted by Gasteiger charge is -2.22. The van der Waals surface area contributed by atoms with Crippen molar-refractivity contribution < 1.29 is 14.4 Å². The maximum atomic E-state index is 12.6. The topological polar surface area (TPSA) is 66.5 Å². The van der Waals surface area contributed by atoms with Crippen LogP contribution in [0.2, 0.25) is 0 Å². The molecule has 1 fully saturated rings. The van der Waals surface area contributed by atoms with Gasteiger partial charge < -0.3 is 5.32 Å². The van der Waals surface area contributed by atoms with Gasteiger partial charge in [0.1, 0.15) is 6.04 Å². The standard InChI is InChI=1S/C18H19ClN2O3/c1-11(16(22)20-10-12-5-3-2-4-6-12)21-17(23)14-8-7-13(19)9-15(14)18(21)24/h2-7,11,14-15H,8-10H2,1H3,(H,20,22)/t11-,14-,15+/m1/s1. The Morgan fingerprint density at radius 1 is 1.25 bits per heavy atom. The SMILES string of the molecule is C[C@H](C(=O)NCc1ccccc1)N1C(=O)[C@H]2CC(Cl)=CC[C@H]2C1=O. The molecule has 6 heteroatoms. The van der Waals surface area contributed by atoms with Gasteiger partial charge in [-0.25, -0.2) is 0 Å². The van der Waals surface area contributed by atoms with Crippen molar-refractivity contribution in [3.05, 3.63) is 47.0 Å². The number of rotatable bonds is 4. The second kappa shape index (κ2) is 6.77. The molecular weight excluding hydrogens is 328 g/mol. The zero-order chi connectivity index (χ0) is 17.3. The summed E-state index contributed by atoms with van der Waals surface area (Å²) in [7, 11) is 0. The van der Waals surface area contributed by atoms with Crippen molar-refractivity contribution in [1.82, 2.24) is 10.2 Å². The Morgan fingerprint density at radius 2 is 1.92 bits per heavy atom. The summed E-state index contributed by atoms with van der Waals surface area (Å²) in [6, 6.07) is 8.66. The molecule has 0 radical (unpaired) electrons. The molecule has 24 heavy (non-hydrogen) atoms. The average molecular weight is 347 g/mol. The Morgan fingerprint density at radius 3 is 2.62 bits per heavy atom. The van der Waals surface area contributed by atoms with Gasteiger partial charge in [-0.1, -0.05) is 48.0 Å². The highest BCUT2D eigenvalue weighted by Crippen LogP contribution is 2.39. The summed E-state index contributed by atoms with van der Waals surface area (Å²) in [5.74, 6) is -1.71. The number of allylic oxidation sites excluding steroid dienone is 2. The highest BCUT2D eigenvalue weighted by atomic mass is 35.5. The smallest absolute Gasteiger partial charge is 0.243 e. The Hall–Kier alpha value is -2.14. The molecule has 1 aliphatic carbocycles. The first-order valence-corrected chi connectivity index (χ1v) is 8.40. The number of imide groups is 1. The molecule has 1 aromatic rings. The lowest BCUT2D eigenvalue weighted by atomic mass is 9.85. The van der Waals surface area contributed by atoms with Crippen LogP contribution < -0.4 is 5.32 Å². The lowest BCUT2D eigenvalue weighted by Crippen LogP contribution is -2.48. The molecule has 2 aliphatic rings. The van der Waals surface area contributed by atoms with Crippen molar-refractivity contribution in [2.24, 2.45) is 11.8 Å². The van der Waals surface area contributed by atoms with Crippen molar-refractivity contribution in [3.63, 3.8) is 0 Å². The number of nitrogens with zero attached hydrogens (tertiary/aromatic N) is 1. The van der Waals surface area contributed by atoms with Gasteiger partial charge in [-0.15, -0.1) is 0 Å². The van der Waals surface area contributed by atoms with E-state index in [4.69, 9.17) is 11.6 Å². The molecule has 0 unspecified atom stereocenters. The maximum absolute atomic E-state index is 12.6. The number of halogens is 1. The zero-order valence-electron chi connectivity index (χ0n) is 13.4. The van der Waals surface area contributed by atoms with Crippen LogP contribution in [-0.2, 0) is 20.9 Å². The summed E-state index contributed by atoms with van der Waals surface area (Å²) in [5, 5.41) is 3.39. The second-order valence-electron chi connectivity index (χ2n) is 6.23. The second-order valence-corrected chi connectivity index (χ2v) is 6.72. The van der Waals surface area contributed by atoms with Crippen LogP contribution in [0.3, 0.4) is 0 Å². The summed E-state index contributed by atoms with van der Waals surface area (Å²) >= 11 is 6.00. The monoisotopic (exact) mass is 346 g/mol. The quantitative estimate of drug-likeness (QED) is 0.850. The number of carbonyl (C=O) groups is 3. The average Bonchev–Trinajstić information content (AvgIpc) is 2.83. The van der Waals surface area contributed by atoms with E-state index in [0.29, 0.717) is 24.4 Å². The van der Waals surface area contributed by atoms with E-state index < -0.39 is 12.0 Å². The van der Waals surface area contributed by atoms with E-state index in [1.807, 2.05) is 30.3 Å². The van der Waals surface area contributed by atoms with Gasteiger partial charge in [0.2, 0.25) is 17.7 Å². The van der Waals surface area contributed by atoms with Crippen LogP contribution in [-0.4, -0.2) is 28.7 Å². The van der Waals surface area contributed by atoms with E-state index in [0.717, 1.165) is 10.5 Å². The molecule has 0 bridgehead atoms. The predicted molar refractivity (Wildman–Crippen MR) is 89.8 cm³/mol. The number of amides is 3. The van der Waals surface area contributed by atoms with Gasteiger partial charge in [0.05, 0.1) is 11.8 Å². The van der Waals surface area contributed by atoms with E-state index in [-0.39, 0.29) is 23.6 Å². The first-order chi connectivity index (χ1) is 11.5. The fourth-order valence-corrected chi connectivity index (χ4v) is 3.54. The molecule has 3 rings (SSSR count). The summed E-state index contributed by atoms with van der Waals surface area (Å²) in [5.41, 5.74) is 0.960. The Balaban J connectivity index is 1.66. The van der Waals surface area contributed by atoms with Crippen LogP contribution in [0, 0.1) is 11.8 Å². The molecule has 1 aliphatic heterocycles. The highest BCUT2D eigenvalue weighted by molar-refractivity contribution is 6.30. The third-order valence-electron chi connectivity index (χ3n) is 4.68. The van der Waals surface area contributed by atoms with Crippen LogP contribution >= 0.6 is 11.6 Å². The van der Waals surface area contributed by atoms with Crippen LogP contribution in [0.25, 0.3) is 0 Å². The molecule has 5 nitrogen and oxygen atoms in total. The fraction of sp³-hybridized carbons (Fsp3) is 0.389. The van der Waals surface area contributed by atoms with E-state index in [9.17, 15) is 14.4 Å². The predicted octanol–water partition coefficient (Wildman–Crippen LogP) is 2.21. The van der Waals surface area contributed by atoms with E-state index in [2.05, 4.69) is 5.32 Å². The number of likely N-dealkylation sites (tertiary alicyclic amines) is 1. The third kappa shape index (κ3) is 3.08. The molecule has 0 saturated carbocycles. The van der Waals surface area contributed by atoms with Gasteiger partial charge in [0, 0.05) is 11.6 Å². The van der Waals surface area contributed by atoms with Gasteiger partial charge in [-0.3, -0.25) is 19.3 Å². The van der Waals surface area contributed by atoms with Crippen LogP contribution in [0.15, 0.2) is 41.4 Å². The van der Waals surface area contributed by atoms with Gasteiger partial charge in [-0.05, 0) is 25.3 Å². The maximum Gasteiger partial charge on any atom is 0.243 e. The highest BCUT2D eigenvalue weighted by Gasteiger charge is 2.50. The van der Waals surface area contributed by atoms with Gasteiger partial charge >= 0.3 is 0 Å². The van der Waals surface area contributed by atoms with Crippen LogP contribution in [0.1, 0.15) is 25.3 Å². The minimum atomic E-state index is -0.821. The first-order valence-electron chi connectivity index (χ1n) is 8.02. The van der Waals surface area contributed by atoms with Crippen molar-refractivity contribution in [2.75, 3.05) is 0 Å². The molecule has 1 heterocycles. The molecule has 1 N–H and O–H groups in total. The normalized spacial score (nSPS) is 24.4. The largest absolute Gasteiger partial charge is 0.350 e. The molecule has 1 saturated heterocycles.